The summed E-state index contributed by atoms with van der Waals surface area (Å²) in [5.74, 6) is -0.408. The minimum Gasteiger partial charge on any atom is -0.500 e. The number of carbonyl (C=O) groups is 1. The summed E-state index contributed by atoms with van der Waals surface area (Å²) in [5.41, 5.74) is 0. The molecule has 0 amide bonds. The van der Waals surface area contributed by atoms with Gasteiger partial charge in [-0.3, -0.25) is 0 Å². The quantitative estimate of drug-likeness (QED) is 0.228. The van der Waals surface area contributed by atoms with Crippen molar-refractivity contribution >= 4 is 21.9 Å². The van der Waals surface area contributed by atoms with Crippen molar-refractivity contribution in [1.82, 2.24) is 0 Å². The van der Waals surface area contributed by atoms with E-state index in [1.807, 2.05) is 0 Å². The van der Waals surface area contributed by atoms with Gasteiger partial charge in [0.25, 0.3) is 0 Å². The van der Waals surface area contributed by atoms with E-state index in [-0.39, 0.29) is 0 Å². The van der Waals surface area contributed by atoms with Crippen LogP contribution in [0.2, 0.25) is 0 Å². The van der Waals surface area contributed by atoms with E-state index in [0.717, 1.165) is 5.33 Å². The molecule has 0 heterocycles. The summed E-state index contributed by atoms with van der Waals surface area (Å²) in [4.78, 5) is 10.4. The first-order chi connectivity index (χ1) is 4.81. The zero-order valence-electron chi connectivity index (χ0n) is 5.67. The lowest BCUT2D eigenvalue weighted by Crippen LogP contribution is -1.95. The number of alkyl halides is 1. The predicted octanol–water partition coefficient (Wildman–Crippen LogP) is 1.08. The van der Waals surface area contributed by atoms with Gasteiger partial charge < -0.3 is 9.47 Å². The summed E-state index contributed by atoms with van der Waals surface area (Å²) in [6, 6.07) is 0. The molecule has 0 unspecified atom stereocenters. The number of carbonyl (C=O) groups excluding carboxylic acids is 1. The number of hydrogen-bond acceptors (Lipinski definition) is 3. The Bertz CT molecular complexity index is 122. The summed E-state index contributed by atoms with van der Waals surface area (Å²) in [6.45, 7) is 0.549. The molecule has 0 fully saturated rings. The third-order valence-corrected chi connectivity index (χ3v) is 1.02. The molecule has 3 nitrogen and oxygen atoms in total. The molecule has 4 heteroatoms. The molecule has 0 aliphatic heterocycles. The van der Waals surface area contributed by atoms with E-state index in [2.05, 4.69) is 20.7 Å². The first kappa shape index (κ1) is 9.49. The van der Waals surface area contributed by atoms with Gasteiger partial charge in [0.1, 0.15) is 0 Å². The predicted molar refractivity (Wildman–Crippen MR) is 40.9 cm³/mol. The number of esters is 1. The van der Waals surface area contributed by atoms with Gasteiger partial charge in [0.15, 0.2) is 0 Å². The van der Waals surface area contributed by atoms with E-state index in [4.69, 9.17) is 4.74 Å². The Morgan fingerprint density at radius 2 is 2.40 bits per heavy atom. The molecule has 58 valence electrons. The first-order valence-corrected chi connectivity index (χ1v) is 3.85. The average Bonchev–Trinajstić information content (AvgIpc) is 1.98. The fourth-order valence-corrected chi connectivity index (χ4v) is 0.471. The van der Waals surface area contributed by atoms with Crippen LogP contribution in [0.25, 0.3) is 0 Å². The Labute approximate surface area is 68.1 Å². The number of ether oxygens (including phenoxy) is 2. The van der Waals surface area contributed by atoms with Gasteiger partial charge in [-0.25, -0.2) is 4.79 Å². The van der Waals surface area contributed by atoms with Crippen LogP contribution in [-0.2, 0) is 14.3 Å². The highest BCUT2D eigenvalue weighted by atomic mass is 79.9. The molecule has 0 rings (SSSR count). The summed E-state index contributed by atoms with van der Waals surface area (Å²) < 4.78 is 9.14. The van der Waals surface area contributed by atoms with Crippen LogP contribution in [0.4, 0.5) is 0 Å². The molecule has 0 aromatic rings. The fraction of sp³-hybridized carbons (Fsp3) is 0.500. The monoisotopic (exact) mass is 208 g/mol. The molecule has 0 aliphatic rings. The Hall–Kier alpha value is -0.510. The molecule has 0 atom stereocenters. The third kappa shape index (κ3) is 5.62. The van der Waals surface area contributed by atoms with Gasteiger partial charge in [0, 0.05) is 5.33 Å². The van der Waals surface area contributed by atoms with Gasteiger partial charge in [-0.2, -0.15) is 0 Å². The van der Waals surface area contributed by atoms with Gasteiger partial charge in [-0.1, -0.05) is 15.9 Å². The van der Waals surface area contributed by atoms with Gasteiger partial charge >= 0.3 is 5.97 Å². The van der Waals surface area contributed by atoms with Crippen LogP contribution in [0, 0.1) is 0 Å². The normalized spacial score (nSPS) is 9.80. The second kappa shape index (κ2) is 6.61. The van der Waals surface area contributed by atoms with Crippen LogP contribution >= 0.6 is 15.9 Å². The lowest BCUT2D eigenvalue weighted by molar-refractivity contribution is -0.134. The first-order valence-electron chi connectivity index (χ1n) is 2.73. The second-order valence-electron chi connectivity index (χ2n) is 1.39. The molecule has 0 aromatic heterocycles. The van der Waals surface area contributed by atoms with Crippen molar-refractivity contribution in [2.75, 3.05) is 19.0 Å². The molecule has 0 aromatic carbocycles. The van der Waals surface area contributed by atoms with E-state index in [1.54, 1.807) is 0 Å². The maximum absolute atomic E-state index is 10.4. The largest absolute Gasteiger partial charge is 0.500 e. The van der Waals surface area contributed by atoms with Crippen molar-refractivity contribution in [3.05, 3.63) is 12.3 Å². The van der Waals surface area contributed by atoms with E-state index in [9.17, 15) is 4.79 Å². The van der Waals surface area contributed by atoms with Crippen LogP contribution in [0.15, 0.2) is 12.3 Å². The number of rotatable bonds is 4. The van der Waals surface area contributed by atoms with Crippen molar-refractivity contribution in [3.8, 4) is 0 Å². The molecular weight excluding hydrogens is 200 g/mol. The highest BCUT2D eigenvalue weighted by molar-refractivity contribution is 9.09. The number of halogens is 1. The summed E-state index contributed by atoms with van der Waals surface area (Å²) >= 11 is 3.16. The van der Waals surface area contributed by atoms with Crippen molar-refractivity contribution in [2.24, 2.45) is 0 Å². The van der Waals surface area contributed by atoms with E-state index in [0.29, 0.717) is 6.61 Å². The van der Waals surface area contributed by atoms with Crippen LogP contribution in [0.5, 0.6) is 0 Å². The van der Waals surface area contributed by atoms with Crippen molar-refractivity contribution in [2.45, 2.75) is 0 Å². The van der Waals surface area contributed by atoms with Gasteiger partial charge in [0.2, 0.25) is 0 Å². The summed E-state index contributed by atoms with van der Waals surface area (Å²) in [7, 11) is 1.32. The molecule has 0 saturated heterocycles. The highest BCUT2D eigenvalue weighted by Gasteiger charge is 1.88. The lowest BCUT2D eigenvalue weighted by atomic mass is 10.6. The number of methoxy groups -OCH3 is 1. The lowest BCUT2D eigenvalue weighted by Gasteiger charge is -1.93. The molecule has 10 heavy (non-hydrogen) atoms. The SMILES string of the molecule is COC(=O)/C=C/OCCBr. The zero-order valence-corrected chi connectivity index (χ0v) is 7.26. The highest BCUT2D eigenvalue weighted by Crippen LogP contribution is 1.84. The Morgan fingerprint density at radius 1 is 1.70 bits per heavy atom. The minimum atomic E-state index is -0.408. The maximum atomic E-state index is 10.4. The molecule has 0 spiro atoms. The van der Waals surface area contributed by atoms with Crippen molar-refractivity contribution in [3.63, 3.8) is 0 Å². The molecular formula is C6H9BrO3. The second-order valence-corrected chi connectivity index (χ2v) is 2.18. The fourth-order valence-electron chi connectivity index (χ4n) is 0.284. The molecule has 0 bridgehead atoms. The topological polar surface area (TPSA) is 35.5 Å². The number of hydrogen-bond donors (Lipinski definition) is 0. The standard InChI is InChI=1S/C6H9BrO3/c1-9-6(8)2-4-10-5-3-7/h2,4H,3,5H2,1H3/b4-2+. The minimum absolute atomic E-state index is 0.408. The van der Waals surface area contributed by atoms with Gasteiger partial charge in [-0.15, -0.1) is 0 Å². The molecule has 0 N–H and O–H groups in total. The summed E-state index contributed by atoms with van der Waals surface area (Å²) in [5, 5.41) is 0.749. The Balaban J connectivity index is 3.27. The smallest absolute Gasteiger partial charge is 0.333 e. The van der Waals surface area contributed by atoms with Crippen LogP contribution in [0.3, 0.4) is 0 Å². The summed E-state index contributed by atoms with van der Waals surface area (Å²) in [6.07, 6.45) is 2.54. The van der Waals surface area contributed by atoms with Crippen LogP contribution in [-0.4, -0.2) is 25.0 Å². The molecule has 0 radical (unpaired) electrons. The van der Waals surface area contributed by atoms with Crippen molar-refractivity contribution < 1.29 is 14.3 Å². The van der Waals surface area contributed by atoms with E-state index < -0.39 is 5.97 Å². The zero-order chi connectivity index (χ0) is 7.82. The molecule has 0 aliphatic carbocycles. The third-order valence-electron chi connectivity index (χ3n) is 0.697. The van der Waals surface area contributed by atoms with Crippen LogP contribution in [0.1, 0.15) is 0 Å². The van der Waals surface area contributed by atoms with Crippen LogP contribution < -0.4 is 0 Å². The Morgan fingerprint density at radius 3 is 2.90 bits per heavy atom. The molecule has 0 saturated carbocycles. The average molecular weight is 209 g/mol. The van der Waals surface area contributed by atoms with E-state index in [1.165, 1.54) is 19.4 Å². The maximum Gasteiger partial charge on any atom is 0.333 e. The van der Waals surface area contributed by atoms with Crippen molar-refractivity contribution in [1.29, 1.82) is 0 Å². The van der Waals surface area contributed by atoms with Gasteiger partial charge in [-0.05, 0) is 0 Å². The Kier molecular flexibility index (Phi) is 6.27. The van der Waals surface area contributed by atoms with E-state index >= 15 is 0 Å². The van der Waals surface area contributed by atoms with Gasteiger partial charge in [0.05, 0.1) is 26.1 Å².